The first-order valence-corrected chi connectivity index (χ1v) is 16.0. The van der Waals surface area contributed by atoms with Crippen molar-refractivity contribution in [2.75, 3.05) is 21.3 Å². The zero-order chi connectivity index (χ0) is 33.2. The maximum atomic E-state index is 14.5. The number of Topliss-reactive ketones (excluding diaryl/α,β-unsaturated/α-hetero) is 1. The maximum Gasteiger partial charge on any atom is 0.295 e. The van der Waals surface area contributed by atoms with Crippen molar-refractivity contribution < 1.29 is 32.2 Å². The van der Waals surface area contributed by atoms with E-state index in [4.69, 9.17) is 14.2 Å². The van der Waals surface area contributed by atoms with Gasteiger partial charge >= 0.3 is 0 Å². The zero-order valence-electron chi connectivity index (χ0n) is 26.7. The molecule has 0 fully saturated rings. The van der Waals surface area contributed by atoms with Crippen LogP contribution < -0.4 is 14.2 Å². The smallest absolute Gasteiger partial charge is 0.295 e. The molecule has 1 aromatic heterocycles. The van der Waals surface area contributed by atoms with E-state index in [2.05, 4.69) is 0 Å². The summed E-state index contributed by atoms with van der Waals surface area (Å²) in [5.74, 6) is -1.29. The molecule has 5 aromatic rings. The second-order valence-corrected chi connectivity index (χ2v) is 12.8. The largest absolute Gasteiger partial charge is 0.496 e. The van der Waals surface area contributed by atoms with Crippen molar-refractivity contribution in [2.45, 2.75) is 38.8 Å². The van der Waals surface area contributed by atoms with E-state index in [1.807, 2.05) is 67.6 Å². The maximum absolute atomic E-state index is 14.5. The Morgan fingerprint density at radius 3 is 1.74 bits per heavy atom. The minimum atomic E-state index is -4.33. The summed E-state index contributed by atoms with van der Waals surface area (Å²) in [4.78, 5) is 30.0. The quantitative estimate of drug-likeness (QED) is 0.124. The highest BCUT2D eigenvalue weighted by atomic mass is 32.2. The number of ether oxygens (including phenoxy) is 3. The fraction of sp³-hybridized carbons (Fsp3) is 0.222. The van der Waals surface area contributed by atoms with E-state index in [1.165, 1.54) is 38.5 Å². The van der Waals surface area contributed by atoms with Crippen LogP contribution in [0.25, 0.3) is 10.9 Å². The number of aryl methyl sites for hydroxylation is 3. The summed E-state index contributed by atoms with van der Waals surface area (Å²) in [5.41, 5.74) is 3.52. The summed E-state index contributed by atoms with van der Waals surface area (Å²) in [6.45, 7) is 5.65. The van der Waals surface area contributed by atoms with E-state index in [9.17, 15) is 18.0 Å². The minimum absolute atomic E-state index is 0.0203. The second kappa shape index (κ2) is 13.1. The Labute approximate surface area is 269 Å². The zero-order valence-corrected chi connectivity index (χ0v) is 27.5. The third-order valence-corrected chi connectivity index (χ3v) is 9.81. The van der Waals surface area contributed by atoms with Gasteiger partial charge in [0.2, 0.25) is 0 Å². The lowest BCUT2D eigenvalue weighted by molar-refractivity contribution is -0.127. The first-order chi connectivity index (χ1) is 22.0. The molecule has 10 heteroatoms. The Hall–Kier alpha value is -5.09. The normalized spacial score (nSPS) is 11.3. The Balaban J connectivity index is 1.74. The highest BCUT2D eigenvalue weighted by Gasteiger charge is 2.35. The third-order valence-electron chi connectivity index (χ3n) is 7.84. The first kappa shape index (κ1) is 32.3. The van der Waals surface area contributed by atoms with E-state index < -0.39 is 21.7 Å². The summed E-state index contributed by atoms with van der Waals surface area (Å²) in [6, 6.07) is 23.8. The van der Waals surface area contributed by atoms with Crippen molar-refractivity contribution in [1.82, 2.24) is 8.87 Å². The summed E-state index contributed by atoms with van der Waals surface area (Å²) in [6.07, 6.45) is 1.19. The van der Waals surface area contributed by atoms with E-state index >= 15 is 0 Å². The number of hydrogen-bond donors (Lipinski definition) is 0. The molecule has 0 saturated carbocycles. The van der Waals surface area contributed by atoms with E-state index in [0.29, 0.717) is 11.1 Å². The van der Waals surface area contributed by atoms with Crippen molar-refractivity contribution in [3.63, 3.8) is 0 Å². The molecule has 1 heterocycles. The van der Waals surface area contributed by atoms with Gasteiger partial charge in [0, 0.05) is 25.4 Å². The highest BCUT2D eigenvalue weighted by molar-refractivity contribution is 7.90. The predicted molar refractivity (Wildman–Crippen MR) is 176 cm³/mol. The van der Waals surface area contributed by atoms with Crippen LogP contribution >= 0.6 is 0 Å². The summed E-state index contributed by atoms with van der Waals surface area (Å²) in [7, 11) is -0.141. The molecule has 0 aliphatic carbocycles. The van der Waals surface area contributed by atoms with E-state index in [0.717, 1.165) is 20.7 Å². The van der Waals surface area contributed by atoms with Crippen LogP contribution in [0.3, 0.4) is 0 Å². The Kier molecular flexibility index (Phi) is 9.20. The molecule has 0 unspecified atom stereocenters. The molecule has 238 valence electrons. The van der Waals surface area contributed by atoms with Gasteiger partial charge in [0.1, 0.15) is 11.3 Å². The van der Waals surface area contributed by atoms with Gasteiger partial charge < -0.3 is 19.1 Å². The molecule has 0 saturated heterocycles. The summed E-state index contributed by atoms with van der Waals surface area (Å²) < 4.78 is 46.9. The number of nitrogens with zero attached hydrogens (tertiary/aromatic N) is 2. The van der Waals surface area contributed by atoms with Gasteiger partial charge in [-0.2, -0.15) is 0 Å². The van der Waals surface area contributed by atoms with Crippen LogP contribution in [0.2, 0.25) is 0 Å². The number of rotatable bonds is 11. The third kappa shape index (κ3) is 5.95. The van der Waals surface area contributed by atoms with Crippen molar-refractivity contribution >= 4 is 32.6 Å². The number of fused-ring (bicyclic) bond motifs is 1. The highest BCUT2D eigenvalue weighted by Crippen LogP contribution is 2.45. The molecule has 0 atom stereocenters. The van der Waals surface area contributed by atoms with Gasteiger partial charge in [-0.1, -0.05) is 78.4 Å². The van der Waals surface area contributed by atoms with Gasteiger partial charge in [-0.15, -0.1) is 0 Å². The summed E-state index contributed by atoms with van der Waals surface area (Å²) in [5, 5.41) is 0.115. The minimum Gasteiger partial charge on any atom is -0.496 e. The molecule has 0 aliphatic rings. The van der Waals surface area contributed by atoms with Crippen LogP contribution in [0.1, 0.15) is 38.2 Å². The SMILES string of the molecule is COc1cc(OC)c2c(C(=O)C(=O)N(Cc3ccccc3)Cc3ccccc3)cn(S(=O)(=O)c3c(C)cc(C)cc3C)c2c1OC. The van der Waals surface area contributed by atoms with Gasteiger partial charge in [0.15, 0.2) is 11.5 Å². The predicted octanol–water partition coefficient (Wildman–Crippen LogP) is 6.24. The molecule has 46 heavy (non-hydrogen) atoms. The number of carbonyl (C=O) groups is 2. The van der Waals surface area contributed by atoms with Gasteiger partial charge in [-0.05, 0) is 43.0 Å². The number of amides is 1. The van der Waals surface area contributed by atoms with Crippen LogP contribution in [0.5, 0.6) is 17.2 Å². The Morgan fingerprint density at radius 1 is 0.739 bits per heavy atom. The lowest BCUT2D eigenvalue weighted by Gasteiger charge is -2.22. The van der Waals surface area contributed by atoms with Crippen molar-refractivity contribution in [2.24, 2.45) is 0 Å². The van der Waals surface area contributed by atoms with Crippen LogP contribution in [0, 0.1) is 20.8 Å². The van der Waals surface area contributed by atoms with Crippen LogP contribution in [0.15, 0.2) is 90.0 Å². The second-order valence-electron chi connectivity index (χ2n) is 11.1. The van der Waals surface area contributed by atoms with Crippen LogP contribution in [-0.2, 0) is 27.9 Å². The molecule has 5 rings (SSSR count). The van der Waals surface area contributed by atoms with E-state index in [-0.39, 0.29) is 51.7 Å². The number of methoxy groups -OCH3 is 3. The van der Waals surface area contributed by atoms with E-state index in [1.54, 1.807) is 26.0 Å². The fourth-order valence-corrected chi connectivity index (χ4v) is 7.72. The van der Waals surface area contributed by atoms with Crippen molar-refractivity contribution in [1.29, 1.82) is 0 Å². The number of carbonyl (C=O) groups excluding carboxylic acids is 2. The Bertz CT molecular complexity index is 1970. The van der Waals surface area contributed by atoms with Gasteiger partial charge in [-0.25, -0.2) is 12.4 Å². The lowest BCUT2D eigenvalue weighted by Crippen LogP contribution is -2.35. The van der Waals surface area contributed by atoms with Gasteiger partial charge in [0.25, 0.3) is 21.7 Å². The molecular weight excluding hydrogens is 604 g/mol. The standard InChI is InChI=1S/C36H36N2O7S/c1-23-17-24(2)35(25(3)18-23)46(41,42)38-22-28(31-29(43-4)19-30(44-5)34(45-6)32(31)38)33(39)36(40)37(20-26-13-9-7-10-14-26)21-27-15-11-8-12-16-27/h7-19,22H,20-21H2,1-6H3. The number of benzene rings is 4. The topological polar surface area (TPSA) is 104 Å². The lowest BCUT2D eigenvalue weighted by atomic mass is 10.1. The van der Waals surface area contributed by atoms with Gasteiger partial charge in [0.05, 0.1) is 37.2 Å². The monoisotopic (exact) mass is 640 g/mol. The molecule has 0 bridgehead atoms. The number of aromatic nitrogens is 1. The first-order valence-electron chi connectivity index (χ1n) is 14.6. The average Bonchev–Trinajstić information content (AvgIpc) is 3.45. The average molecular weight is 641 g/mol. The Morgan fingerprint density at radius 2 is 1.26 bits per heavy atom. The number of ketones is 1. The fourth-order valence-electron chi connectivity index (χ4n) is 5.93. The van der Waals surface area contributed by atoms with Crippen molar-refractivity contribution in [3.8, 4) is 17.2 Å². The van der Waals surface area contributed by atoms with Crippen molar-refractivity contribution in [3.05, 3.63) is 118 Å². The van der Waals surface area contributed by atoms with Crippen LogP contribution in [-0.4, -0.2) is 50.3 Å². The summed E-state index contributed by atoms with van der Waals surface area (Å²) >= 11 is 0. The molecular formula is C36H36N2O7S. The molecule has 9 nitrogen and oxygen atoms in total. The molecule has 0 spiro atoms. The number of hydrogen-bond acceptors (Lipinski definition) is 7. The molecule has 0 N–H and O–H groups in total. The molecule has 0 radical (unpaired) electrons. The van der Waals surface area contributed by atoms with Gasteiger partial charge in [-0.3, -0.25) is 9.59 Å². The molecule has 4 aromatic carbocycles. The molecule has 0 aliphatic heterocycles. The van der Waals surface area contributed by atoms with Crippen LogP contribution in [0.4, 0.5) is 0 Å². The molecule has 1 amide bonds.